The molecule has 0 aliphatic heterocycles. The molecule has 0 aromatic heterocycles. The van der Waals surface area contributed by atoms with Crippen LogP contribution in [0.5, 0.6) is 0 Å². The van der Waals surface area contributed by atoms with Crippen LogP contribution in [0.2, 0.25) is 0 Å². The topological polar surface area (TPSA) is 18.5 Å². The van der Waals surface area contributed by atoms with Crippen molar-refractivity contribution in [2.75, 3.05) is 0 Å². The third kappa shape index (κ3) is 4.45. The van der Waals surface area contributed by atoms with E-state index in [4.69, 9.17) is 9.78 Å². The summed E-state index contributed by atoms with van der Waals surface area (Å²) >= 11 is 0. The Morgan fingerprint density at radius 3 is 2.27 bits per heavy atom. The summed E-state index contributed by atoms with van der Waals surface area (Å²) in [7, 11) is 0. The monoisotopic (exact) mass is 208 g/mol. The van der Waals surface area contributed by atoms with E-state index in [1.54, 1.807) is 0 Å². The zero-order valence-corrected chi connectivity index (χ0v) is 9.99. The summed E-state index contributed by atoms with van der Waals surface area (Å²) in [5.74, 6) is 0. The van der Waals surface area contributed by atoms with Crippen LogP contribution in [-0.2, 0) is 16.4 Å². The molecule has 0 saturated carbocycles. The van der Waals surface area contributed by atoms with E-state index in [1.807, 2.05) is 37.3 Å². The molecule has 0 heterocycles. The van der Waals surface area contributed by atoms with E-state index < -0.39 is 0 Å². The molecular formula is C13H20O2. The maximum Gasteiger partial charge on any atom is 0.107 e. The van der Waals surface area contributed by atoms with Crippen molar-refractivity contribution in [3.05, 3.63) is 35.9 Å². The van der Waals surface area contributed by atoms with Crippen LogP contribution in [0.3, 0.4) is 0 Å². The minimum atomic E-state index is 0.0845. The zero-order valence-electron chi connectivity index (χ0n) is 9.99. The molecule has 0 spiro atoms. The van der Waals surface area contributed by atoms with Crippen LogP contribution in [0.15, 0.2) is 30.3 Å². The summed E-state index contributed by atoms with van der Waals surface area (Å²) in [6, 6.07) is 10.0. The number of hydrogen-bond donors (Lipinski definition) is 0. The lowest BCUT2D eigenvalue weighted by Crippen LogP contribution is -2.26. The quantitative estimate of drug-likeness (QED) is 0.556. The van der Waals surface area contributed by atoms with Crippen molar-refractivity contribution in [3.63, 3.8) is 0 Å². The smallest absolute Gasteiger partial charge is 0.107 e. The summed E-state index contributed by atoms with van der Waals surface area (Å²) in [6.07, 6.45) is 0.0845. The average Bonchev–Trinajstić information content (AvgIpc) is 2.18. The van der Waals surface area contributed by atoms with Gasteiger partial charge in [-0.2, -0.15) is 0 Å². The molecule has 0 fully saturated rings. The molecule has 1 atom stereocenters. The normalized spacial score (nSPS) is 13.9. The molecule has 0 aliphatic rings. The van der Waals surface area contributed by atoms with Crippen LogP contribution < -0.4 is 0 Å². The van der Waals surface area contributed by atoms with E-state index in [1.165, 1.54) is 0 Å². The first-order valence-corrected chi connectivity index (χ1v) is 5.32. The van der Waals surface area contributed by atoms with E-state index >= 15 is 0 Å². The lowest BCUT2D eigenvalue weighted by atomic mass is 9.91. The van der Waals surface area contributed by atoms with Crippen molar-refractivity contribution in [1.29, 1.82) is 0 Å². The van der Waals surface area contributed by atoms with Gasteiger partial charge in [0, 0.05) is 0 Å². The van der Waals surface area contributed by atoms with Gasteiger partial charge in [0.05, 0.1) is 6.10 Å². The summed E-state index contributed by atoms with van der Waals surface area (Å²) in [6.45, 7) is 8.91. The molecule has 15 heavy (non-hydrogen) atoms. The molecule has 1 rings (SSSR count). The van der Waals surface area contributed by atoms with Crippen LogP contribution in [0.4, 0.5) is 0 Å². The fourth-order valence-corrected chi connectivity index (χ4v) is 0.923. The molecule has 0 bridgehead atoms. The molecule has 1 unspecified atom stereocenters. The Morgan fingerprint density at radius 1 is 1.13 bits per heavy atom. The summed E-state index contributed by atoms with van der Waals surface area (Å²) < 4.78 is 0. The summed E-state index contributed by atoms with van der Waals surface area (Å²) in [4.78, 5) is 10.5. The largest absolute Gasteiger partial charge is 0.233 e. The molecule has 84 valence electrons. The molecule has 0 radical (unpaired) electrons. The molecule has 0 N–H and O–H groups in total. The third-order valence-electron chi connectivity index (χ3n) is 2.50. The fourth-order valence-electron chi connectivity index (χ4n) is 0.923. The second-order valence-corrected chi connectivity index (χ2v) is 4.85. The average molecular weight is 208 g/mol. The summed E-state index contributed by atoms with van der Waals surface area (Å²) in [5, 5.41) is 0. The van der Waals surface area contributed by atoms with Crippen LogP contribution in [-0.4, -0.2) is 6.10 Å². The Bertz CT molecular complexity index is 274. The third-order valence-corrected chi connectivity index (χ3v) is 2.50. The molecule has 0 saturated heterocycles. The predicted octanol–water partition coefficient (Wildman–Crippen LogP) is 3.57. The predicted molar refractivity (Wildman–Crippen MR) is 61.2 cm³/mol. The lowest BCUT2D eigenvalue weighted by molar-refractivity contribution is -0.344. The number of benzene rings is 1. The van der Waals surface area contributed by atoms with Crippen molar-refractivity contribution >= 4 is 0 Å². The minimum Gasteiger partial charge on any atom is -0.233 e. The maximum absolute atomic E-state index is 5.31. The van der Waals surface area contributed by atoms with Crippen LogP contribution in [0, 0.1) is 5.41 Å². The molecule has 2 heteroatoms. The highest BCUT2D eigenvalue weighted by Crippen LogP contribution is 2.21. The number of hydrogen-bond acceptors (Lipinski definition) is 2. The Kier molecular flexibility index (Phi) is 4.30. The Hall–Kier alpha value is -0.860. The Labute approximate surface area is 92.1 Å². The van der Waals surface area contributed by atoms with E-state index in [0.717, 1.165) is 5.56 Å². The molecule has 2 nitrogen and oxygen atoms in total. The highest BCUT2D eigenvalue weighted by molar-refractivity contribution is 5.13. The Balaban J connectivity index is 2.28. The first kappa shape index (κ1) is 12.2. The van der Waals surface area contributed by atoms with Gasteiger partial charge in [0.2, 0.25) is 0 Å². The van der Waals surface area contributed by atoms with Crippen molar-refractivity contribution in [1.82, 2.24) is 0 Å². The molecule has 0 aliphatic carbocycles. The van der Waals surface area contributed by atoms with Gasteiger partial charge in [-0.25, -0.2) is 9.78 Å². The number of rotatable bonds is 4. The van der Waals surface area contributed by atoms with Crippen molar-refractivity contribution < 1.29 is 9.78 Å². The van der Waals surface area contributed by atoms with E-state index in [-0.39, 0.29) is 11.5 Å². The highest BCUT2D eigenvalue weighted by atomic mass is 17.2. The van der Waals surface area contributed by atoms with E-state index in [9.17, 15) is 0 Å². The van der Waals surface area contributed by atoms with Gasteiger partial charge < -0.3 is 0 Å². The van der Waals surface area contributed by atoms with E-state index in [0.29, 0.717) is 6.61 Å². The molecule has 1 aromatic rings. The van der Waals surface area contributed by atoms with Gasteiger partial charge >= 0.3 is 0 Å². The second-order valence-electron chi connectivity index (χ2n) is 4.85. The van der Waals surface area contributed by atoms with Crippen molar-refractivity contribution in [3.8, 4) is 0 Å². The SMILES string of the molecule is CC(OOCc1ccccc1)C(C)(C)C. The fraction of sp³-hybridized carbons (Fsp3) is 0.538. The van der Waals surface area contributed by atoms with Gasteiger partial charge in [0.25, 0.3) is 0 Å². The first-order valence-electron chi connectivity index (χ1n) is 5.32. The van der Waals surface area contributed by atoms with Crippen molar-refractivity contribution in [2.45, 2.75) is 40.4 Å². The Morgan fingerprint density at radius 2 is 1.73 bits per heavy atom. The van der Waals surface area contributed by atoms with Gasteiger partial charge in [0.15, 0.2) is 0 Å². The minimum absolute atomic E-state index is 0.0845. The van der Waals surface area contributed by atoms with Crippen LogP contribution in [0.25, 0.3) is 0 Å². The molecule has 1 aromatic carbocycles. The maximum atomic E-state index is 5.31. The zero-order chi connectivity index (χ0) is 11.3. The van der Waals surface area contributed by atoms with Crippen molar-refractivity contribution in [2.24, 2.45) is 5.41 Å². The van der Waals surface area contributed by atoms with Crippen LogP contribution >= 0.6 is 0 Å². The standard InChI is InChI=1S/C13H20O2/c1-11(13(2,3)4)15-14-10-12-8-6-5-7-9-12/h5-9,11H,10H2,1-4H3. The van der Waals surface area contributed by atoms with Gasteiger partial charge in [0.1, 0.15) is 6.61 Å². The van der Waals surface area contributed by atoms with Gasteiger partial charge in [-0.3, -0.25) is 0 Å². The molecule has 0 amide bonds. The van der Waals surface area contributed by atoms with Gasteiger partial charge in [-0.05, 0) is 17.9 Å². The molecular weight excluding hydrogens is 188 g/mol. The van der Waals surface area contributed by atoms with Gasteiger partial charge in [-0.1, -0.05) is 51.1 Å². The lowest BCUT2D eigenvalue weighted by Gasteiger charge is -2.25. The van der Waals surface area contributed by atoms with Gasteiger partial charge in [-0.15, -0.1) is 0 Å². The first-order chi connectivity index (χ1) is 7.00. The second kappa shape index (κ2) is 5.29. The van der Waals surface area contributed by atoms with E-state index in [2.05, 4.69) is 20.8 Å². The highest BCUT2D eigenvalue weighted by Gasteiger charge is 2.21. The van der Waals surface area contributed by atoms with Crippen LogP contribution in [0.1, 0.15) is 33.3 Å². The summed E-state index contributed by atoms with van der Waals surface area (Å²) in [5.41, 5.74) is 1.23.